The Hall–Kier alpha value is -7.52. The molecule has 0 spiro atoms. The molecule has 0 saturated heterocycles. The van der Waals surface area contributed by atoms with Gasteiger partial charge in [-0.2, -0.15) is 10.2 Å². The molecule has 10 rings (SSSR count). The molecular formula is C44H38BrF2N13O5. The fourth-order valence-electron chi connectivity index (χ4n) is 7.48. The van der Waals surface area contributed by atoms with Gasteiger partial charge in [0.2, 0.25) is 11.8 Å². The quantitative estimate of drug-likeness (QED) is 0.0959. The molecule has 0 saturated carbocycles. The molecule has 0 unspecified atom stereocenters. The summed E-state index contributed by atoms with van der Waals surface area (Å²) in [4.78, 5) is 43.1. The maximum Gasteiger partial charge on any atom is 0.235 e. The first-order valence-corrected chi connectivity index (χ1v) is 20.9. The number of aliphatic hydroxyl groups is 1. The van der Waals surface area contributed by atoms with Crippen molar-refractivity contribution in [3.05, 3.63) is 124 Å². The lowest BCUT2D eigenvalue weighted by molar-refractivity contribution is -0.120. The number of nitrogens with zero attached hydrogens (tertiary/aromatic N) is 10. The molecule has 0 radical (unpaired) electrons. The van der Waals surface area contributed by atoms with Crippen molar-refractivity contribution >= 4 is 45.2 Å². The van der Waals surface area contributed by atoms with Crippen molar-refractivity contribution in [3.8, 4) is 45.8 Å². The van der Waals surface area contributed by atoms with Gasteiger partial charge in [0.1, 0.15) is 69.0 Å². The summed E-state index contributed by atoms with van der Waals surface area (Å²) < 4.78 is 42.3. The second kappa shape index (κ2) is 16.9. The number of anilines is 3. The van der Waals surface area contributed by atoms with Crippen molar-refractivity contribution in [3.63, 3.8) is 0 Å². The van der Waals surface area contributed by atoms with Gasteiger partial charge in [0.15, 0.2) is 11.6 Å². The second-order valence-electron chi connectivity index (χ2n) is 16.1. The van der Waals surface area contributed by atoms with E-state index in [-0.39, 0.29) is 55.5 Å². The van der Waals surface area contributed by atoms with E-state index in [0.29, 0.717) is 84.3 Å². The lowest BCUT2D eigenvalue weighted by Crippen LogP contribution is -2.28. The highest BCUT2D eigenvalue weighted by atomic mass is 79.9. The number of nitrogens with one attached hydrogen (secondary N) is 3. The Balaban J connectivity index is 0.000000165. The third-order valence-corrected chi connectivity index (χ3v) is 11.6. The number of amides is 2. The van der Waals surface area contributed by atoms with Crippen LogP contribution in [0.5, 0.6) is 0 Å². The van der Waals surface area contributed by atoms with E-state index in [9.17, 15) is 23.5 Å². The van der Waals surface area contributed by atoms with E-state index < -0.39 is 10.8 Å². The molecule has 0 bridgehead atoms. The number of aromatic nitrogens is 10. The number of carbonyl (C=O) groups excluding carboxylic acids is 2. The number of halogens is 3. The number of fused-ring (bicyclic) bond motifs is 2. The van der Waals surface area contributed by atoms with Gasteiger partial charge in [-0.25, -0.2) is 28.7 Å². The van der Waals surface area contributed by atoms with Gasteiger partial charge in [-0.3, -0.25) is 19.0 Å². The first-order valence-electron chi connectivity index (χ1n) is 20.2. The minimum Gasteiger partial charge on any atom is -0.395 e. The molecule has 2 amide bonds. The van der Waals surface area contributed by atoms with Crippen molar-refractivity contribution in [1.29, 1.82) is 0 Å². The predicted molar refractivity (Wildman–Crippen MR) is 235 cm³/mol. The first-order chi connectivity index (χ1) is 31.2. The molecule has 2 aliphatic rings. The zero-order chi connectivity index (χ0) is 45.6. The van der Waals surface area contributed by atoms with E-state index in [1.54, 1.807) is 83.9 Å². The van der Waals surface area contributed by atoms with E-state index in [0.717, 1.165) is 0 Å². The molecule has 0 atom stereocenters. The van der Waals surface area contributed by atoms with Gasteiger partial charge < -0.3 is 30.1 Å². The molecule has 2 aromatic carbocycles. The van der Waals surface area contributed by atoms with Gasteiger partial charge in [0.25, 0.3) is 0 Å². The Kier molecular flexibility index (Phi) is 11.1. The Bertz CT molecular complexity index is 3090. The summed E-state index contributed by atoms with van der Waals surface area (Å²) in [5.74, 6) is 0.814. The molecular weight excluding hydrogens is 908 g/mol. The van der Waals surface area contributed by atoms with Crippen LogP contribution in [0.25, 0.3) is 45.8 Å². The highest BCUT2D eigenvalue weighted by molar-refractivity contribution is 9.10. The highest BCUT2D eigenvalue weighted by Gasteiger charge is 2.44. The predicted octanol–water partition coefficient (Wildman–Crippen LogP) is 6.99. The van der Waals surface area contributed by atoms with Crippen molar-refractivity contribution in [2.75, 3.05) is 29.1 Å². The minimum absolute atomic E-state index is 0.108. The van der Waals surface area contributed by atoms with E-state index in [4.69, 9.17) is 9.05 Å². The Morgan fingerprint density at radius 2 is 1.15 bits per heavy atom. The molecule has 65 heavy (non-hydrogen) atoms. The van der Waals surface area contributed by atoms with E-state index in [1.165, 1.54) is 24.7 Å². The summed E-state index contributed by atoms with van der Waals surface area (Å²) in [7, 11) is 0. The van der Waals surface area contributed by atoms with E-state index >= 15 is 0 Å². The van der Waals surface area contributed by atoms with Crippen LogP contribution in [0.3, 0.4) is 0 Å². The van der Waals surface area contributed by atoms with Crippen molar-refractivity contribution in [2.24, 2.45) is 0 Å². The molecule has 21 heteroatoms. The summed E-state index contributed by atoms with van der Waals surface area (Å²) in [5.41, 5.74) is 3.80. The largest absolute Gasteiger partial charge is 0.395 e. The van der Waals surface area contributed by atoms with Crippen LogP contribution in [0.2, 0.25) is 0 Å². The molecule has 8 aromatic rings. The highest BCUT2D eigenvalue weighted by Crippen LogP contribution is 2.43. The van der Waals surface area contributed by atoms with Gasteiger partial charge in [-0.15, -0.1) is 0 Å². The monoisotopic (exact) mass is 945 g/mol. The lowest BCUT2D eigenvalue weighted by atomic mass is 9.87. The van der Waals surface area contributed by atoms with Crippen LogP contribution < -0.4 is 16.0 Å². The average Bonchev–Trinajstić information content (AvgIpc) is 4.14. The SMILES string of the molecule is CC1(C)C(=O)Nc2nc(-c3cc(-c4ccon4)n(Cc4ccccc4F)n3)nc(Br)c21.CC1(C)C(=O)Nc2nc(-c3cc(-c4ccon4)n(Cc4ccccc4F)n3)nc(NCCO)c21. The van der Waals surface area contributed by atoms with Gasteiger partial charge in [0, 0.05) is 35.4 Å². The van der Waals surface area contributed by atoms with Crippen LogP contribution in [0, 0.1) is 11.6 Å². The van der Waals surface area contributed by atoms with Crippen LogP contribution >= 0.6 is 15.9 Å². The molecule has 0 aliphatic carbocycles. The smallest absolute Gasteiger partial charge is 0.235 e. The first kappa shape index (κ1) is 42.8. The normalized spacial score (nSPS) is 14.3. The molecule has 330 valence electrons. The van der Waals surface area contributed by atoms with Gasteiger partial charge in [0.05, 0.1) is 47.5 Å². The fourth-order valence-corrected chi connectivity index (χ4v) is 8.33. The van der Waals surface area contributed by atoms with Crippen LogP contribution in [0.1, 0.15) is 49.9 Å². The number of rotatable bonds is 11. The summed E-state index contributed by atoms with van der Waals surface area (Å²) in [5, 5.41) is 35.2. The zero-order valence-electron chi connectivity index (χ0n) is 35.1. The van der Waals surface area contributed by atoms with Crippen LogP contribution in [0.15, 0.2) is 99.0 Å². The number of aliphatic hydroxyl groups excluding tert-OH is 1. The molecule has 2 aliphatic heterocycles. The van der Waals surface area contributed by atoms with Crippen molar-refractivity contribution < 1.29 is 32.5 Å². The van der Waals surface area contributed by atoms with Gasteiger partial charge in [-0.1, -0.05) is 46.7 Å². The Morgan fingerprint density at radius 1 is 0.677 bits per heavy atom. The topological polar surface area (TPSA) is 230 Å². The number of hydrogen-bond acceptors (Lipinski definition) is 14. The second-order valence-corrected chi connectivity index (χ2v) is 16.8. The van der Waals surface area contributed by atoms with Crippen molar-refractivity contribution in [1.82, 2.24) is 49.8 Å². The van der Waals surface area contributed by atoms with Crippen molar-refractivity contribution in [2.45, 2.75) is 51.6 Å². The Morgan fingerprint density at radius 3 is 1.63 bits per heavy atom. The third-order valence-electron chi connectivity index (χ3n) is 11.0. The molecule has 8 heterocycles. The van der Waals surface area contributed by atoms with Gasteiger partial charge >= 0.3 is 0 Å². The summed E-state index contributed by atoms with van der Waals surface area (Å²) in [6.07, 6.45) is 2.89. The maximum atomic E-state index is 14.3. The number of hydrogen-bond donors (Lipinski definition) is 4. The summed E-state index contributed by atoms with van der Waals surface area (Å²) in [6.45, 7) is 7.67. The maximum absolute atomic E-state index is 14.3. The van der Waals surface area contributed by atoms with Gasteiger partial charge in [-0.05, 0) is 67.9 Å². The van der Waals surface area contributed by atoms with Crippen LogP contribution in [-0.4, -0.2) is 79.9 Å². The zero-order valence-corrected chi connectivity index (χ0v) is 36.7. The Labute approximate surface area is 376 Å². The number of carbonyl (C=O) groups is 2. The lowest BCUT2D eigenvalue weighted by Gasteiger charge is -2.18. The van der Waals surface area contributed by atoms with Crippen LogP contribution in [0.4, 0.5) is 26.2 Å². The minimum atomic E-state index is -0.846. The summed E-state index contributed by atoms with van der Waals surface area (Å²) in [6, 6.07) is 19.8. The standard InChI is InChI=1S/C23H22FN7O3.C21H16BrFN6O2/c1-23(2)18-20(25-8-9-32)26-19(27-21(18)28-22(23)33)16-11-17(15-7-10-34-30-15)31(29-16)12-13-5-3-4-6-14(13)24;1-21(2)16-17(22)24-18(25-19(16)26-20(21)30)14-9-15(13-7-8-31-28-13)29(27-14)10-11-5-3-4-6-12(11)23/h3-7,10-11,32H,8-9,12H2,1-2H3,(H2,25,26,27,28,33);3-9H,10H2,1-2H3,(H,24,25,26,30). The van der Waals surface area contributed by atoms with E-state index in [2.05, 4.69) is 72.3 Å². The number of benzene rings is 2. The van der Waals surface area contributed by atoms with E-state index in [1.807, 2.05) is 13.8 Å². The fraction of sp³-hybridized carbons (Fsp3) is 0.227. The summed E-state index contributed by atoms with van der Waals surface area (Å²) >= 11 is 3.47. The average molecular weight is 947 g/mol. The molecule has 0 fully saturated rings. The third kappa shape index (κ3) is 8.03. The van der Waals surface area contributed by atoms with Crippen LogP contribution in [-0.2, 0) is 33.5 Å². The molecule has 18 nitrogen and oxygen atoms in total. The molecule has 6 aromatic heterocycles. The molecule has 4 N–H and O–H groups in total.